The number of fused-ring (bicyclic) bond motifs is 3. The van der Waals surface area contributed by atoms with Crippen LogP contribution in [-0.2, 0) is 4.79 Å². The van der Waals surface area contributed by atoms with Gasteiger partial charge in [0.1, 0.15) is 11.6 Å². The molecule has 0 radical (unpaired) electrons. The molecule has 0 spiro atoms. The Hall–Kier alpha value is -3.20. The summed E-state index contributed by atoms with van der Waals surface area (Å²) in [4.78, 5) is 24.7. The van der Waals surface area contributed by atoms with E-state index in [-0.39, 0.29) is 30.6 Å². The molecule has 1 unspecified atom stereocenters. The molecule has 2 aliphatic rings. The van der Waals surface area contributed by atoms with Crippen molar-refractivity contribution in [3.8, 4) is 0 Å². The van der Waals surface area contributed by atoms with Gasteiger partial charge in [-0.05, 0) is 65.0 Å². The molecule has 3 aromatic heterocycles. The third kappa shape index (κ3) is 4.32. The van der Waals surface area contributed by atoms with E-state index >= 15 is 0 Å². The van der Waals surface area contributed by atoms with Crippen molar-refractivity contribution in [2.24, 2.45) is 5.41 Å². The van der Waals surface area contributed by atoms with Gasteiger partial charge in [0.25, 0.3) is 0 Å². The predicted molar refractivity (Wildman–Crippen MR) is 132 cm³/mol. The van der Waals surface area contributed by atoms with E-state index in [1.807, 2.05) is 45.0 Å². The van der Waals surface area contributed by atoms with Crippen molar-refractivity contribution in [2.45, 2.75) is 71.0 Å². The maximum atomic E-state index is 13.2. The Morgan fingerprint density at radius 3 is 2.68 bits per heavy atom. The van der Waals surface area contributed by atoms with E-state index < -0.39 is 5.41 Å². The summed E-state index contributed by atoms with van der Waals surface area (Å²) in [7, 11) is 0. The van der Waals surface area contributed by atoms with E-state index in [4.69, 9.17) is 4.98 Å². The standard InChI is InChI=1S/C25H33N7O2/c1-15-10-22(31-30-15)28-21-13-20-19(8-5-9-26-20)23(29-21)27-16-11-17-6-4-7-18(12-16)32(17)24(34)25(2,3)14-33/h5,8-10,13,16-18,33H,4,6-7,11-12,14H2,1-3H3,(H3,27,28,29,30,31)/t16?,17-,18+. The summed E-state index contributed by atoms with van der Waals surface area (Å²) < 4.78 is 0. The first kappa shape index (κ1) is 22.6. The van der Waals surface area contributed by atoms with Crippen LogP contribution in [0, 0.1) is 12.3 Å². The number of nitrogens with zero attached hydrogens (tertiary/aromatic N) is 4. The summed E-state index contributed by atoms with van der Waals surface area (Å²) >= 11 is 0. The molecule has 5 rings (SSSR count). The monoisotopic (exact) mass is 463 g/mol. The van der Waals surface area contributed by atoms with Crippen LogP contribution in [-0.4, -0.2) is 60.8 Å². The summed E-state index contributed by atoms with van der Waals surface area (Å²) in [6.45, 7) is 5.48. The Labute approximate surface area is 199 Å². The molecule has 3 aromatic rings. The number of aliphatic hydroxyl groups is 1. The van der Waals surface area contributed by atoms with Crippen LogP contribution >= 0.6 is 0 Å². The minimum atomic E-state index is -0.748. The number of rotatable bonds is 6. The molecule has 2 aliphatic heterocycles. The minimum Gasteiger partial charge on any atom is -0.395 e. The molecule has 3 atom stereocenters. The number of carbonyl (C=O) groups excluding carboxylic acids is 1. The van der Waals surface area contributed by atoms with Gasteiger partial charge >= 0.3 is 0 Å². The van der Waals surface area contributed by atoms with Crippen molar-refractivity contribution in [3.63, 3.8) is 0 Å². The SMILES string of the molecule is Cc1cc(Nc2cc3ncccc3c(NC3C[C@H]4CCC[C@@H](C3)N4C(=O)C(C)(C)CO)n2)n[nH]1. The molecule has 2 saturated heterocycles. The molecule has 34 heavy (non-hydrogen) atoms. The molecule has 0 saturated carbocycles. The zero-order valence-electron chi connectivity index (χ0n) is 20.0. The molecular weight excluding hydrogens is 430 g/mol. The topological polar surface area (TPSA) is 119 Å². The number of pyridine rings is 2. The second-order valence-corrected chi connectivity index (χ2v) is 10.3. The van der Waals surface area contributed by atoms with Crippen LogP contribution in [0.2, 0.25) is 0 Å². The first-order valence-electron chi connectivity index (χ1n) is 12.1. The van der Waals surface area contributed by atoms with Gasteiger partial charge in [-0.25, -0.2) is 4.98 Å². The smallest absolute Gasteiger partial charge is 0.231 e. The largest absolute Gasteiger partial charge is 0.395 e. The molecule has 0 aliphatic carbocycles. The van der Waals surface area contributed by atoms with E-state index in [1.54, 1.807) is 6.20 Å². The van der Waals surface area contributed by atoms with Crippen LogP contribution in [0.1, 0.15) is 51.6 Å². The third-order valence-corrected chi connectivity index (χ3v) is 7.09. The number of aliphatic hydroxyl groups excluding tert-OH is 1. The molecule has 9 heteroatoms. The molecule has 4 N–H and O–H groups in total. The lowest BCUT2D eigenvalue weighted by molar-refractivity contribution is -0.152. The van der Waals surface area contributed by atoms with E-state index in [2.05, 4.69) is 30.7 Å². The maximum Gasteiger partial charge on any atom is 0.231 e. The molecular formula is C25H33N7O2. The van der Waals surface area contributed by atoms with Gasteiger partial charge in [-0.1, -0.05) is 0 Å². The maximum absolute atomic E-state index is 13.2. The van der Waals surface area contributed by atoms with Gasteiger partial charge in [-0.3, -0.25) is 14.9 Å². The van der Waals surface area contributed by atoms with E-state index in [9.17, 15) is 9.90 Å². The number of aryl methyl sites for hydroxylation is 1. The van der Waals surface area contributed by atoms with Gasteiger partial charge in [-0.15, -0.1) is 0 Å². The Kier molecular flexibility index (Phi) is 5.89. The van der Waals surface area contributed by atoms with Crippen LogP contribution in [0.5, 0.6) is 0 Å². The zero-order valence-corrected chi connectivity index (χ0v) is 20.0. The number of hydrogen-bond acceptors (Lipinski definition) is 7. The lowest BCUT2D eigenvalue weighted by Crippen LogP contribution is -2.60. The first-order valence-corrected chi connectivity index (χ1v) is 12.1. The number of hydrogen-bond donors (Lipinski definition) is 4. The number of aromatic amines is 1. The Bertz CT molecular complexity index is 1180. The van der Waals surface area contributed by atoms with Crippen molar-refractivity contribution in [3.05, 3.63) is 36.2 Å². The highest BCUT2D eigenvalue weighted by Gasteiger charge is 2.45. The first-order chi connectivity index (χ1) is 16.3. The summed E-state index contributed by atoms with van der Waals surface area (Å²) in [5.41, 5.74) is 1.08. The Morgan fingerprint density at radius 2 is 2.00 bits per heavy atom. The number of aromatic nitrogens is 4. The van der Waals surface area contributed by atoms with Crippen molar-refractivity contribution >= 4 is 34.3 Å². The van der Waals surface area contributed by atoms with Crippen LogP contribution in [0.15, 0.2) is 30.5 Å². The fourth-order valence-electron chi connectivity index (χ4n) is 5.30. The predicted octanol–water partition coefficient (Wildman–Crippen LogP) is 3.75. The average Bonchev–Trinajstić information content (AvgIpc) is 3.22. The number of carbonyl (C=O) groups is 1. The average molecular weight is 464 g/mol. The van der Waals surface area contributed by atoms with Crippen molar-refractivity contribution in [1.82, 2.24) is 25.1 Å². The van der Waals surface area contributed by atoms with E-state index in [1.165, 1.54) is 0 Å². The summed E-state index contributed by atoms with van der Waals surface area (Å²) in [5, 5.41) is 24.9. The van der Waals surface area contributed by atoms with Crippen LogP contribution in [0.25, 0.3) is 10.9 Å². The zero-order chi connectivity index (χ0) is 23.9. The molecule has 5 heterocycles. The normalized spacial score (nSPS) is 22.6. The highest BCUT2D eigenvalue weighted by Crippen LogP contribution is 2.38. The van der Waals surface area contributed by atoms with Crippen LogP contribution in [0.3, 0.4) is 0 Å². The number of amides is 1. The number of nitrogens with one attached hydrogen (secondary N) is 3. The van der Waals surface area contributed by atoms with Gasteiger partial charge in [0.2, 0.25) is 5.91 Å². The van der Waals surface area contributed by atoms with Crippen molar-refractivity contribution in [1.29, 1.82) is 0 Å². The summed E-state index contributed by atoms with van der Waals surface area (Å²) in [5.74, 6) is 2.24. The third-order valence-electron chi connectivity index (χ3n) is 7.09. The van der Waals surface area contributed by atoms with Gasteiger partial charge in [0, 0.05) is 47.5 Å². The second kappa shape index (κ2) is 8.87. The lowest BCUT2D eigenvalue weighted by Gasteiger charge is -2.51. The summed E-state index contributed by atoms with van der Waals surface area (Å²) in [6, 6.07) is 8.38. The Morgan fingerprint density at radius 1 is 1.24 bits per heavy atom. The number of piperidine rings is 2. The molecule has 180 valence electrons. The Balaban J connectivity index is 1.40. The van der Waals surface area contributed by atoms with Crippen LogP contribution < -0.4 is 10.6 Å². The lowest BCUT2D eigenvalue weighted by atomic mass is 9.79. The highest BCUT2D eigenvalue weighted by atomic mass is 16.3. The van der Waals surface area contributed by atoms with Gasteiger partial charge < -0.3 is 20.6 Å². The van der Waals surface area contributed by atoms with Gasteiger partial charge in [0.15, 0.2) is 5.82 Å². The number of H-pyrrole nitrogens is 1. The molecule has 1 amide bonds. The van der Waals surface area contributed by atoms with E-state index in [0.717, 1.165) is 54.5 Å². The van der Waals surface area contributed by atoms with Crippen LogP contribution in [0.4, 0.5) is 17.5 Å². The van der Waals surface area contributed by atoms with E-state index in [0.29, 0.717) is 11.6 Å². The minimum absolute atomic E-state index is 0.0661. The number of anilines is 3. The fourth-order valence-corrected chi connectivity index (χ4v) is 5.30. The van der Waals surface area contributed by atoms with Crippen molar-refractivity contribution in [2.75, 3.05) is 17.2 Å². The highest BCUT2D eigenvalue weighted by molar-refractivity contribution is 5.91. The fraction of sp³-hybridized carbons (Fsp3) is 0.520. The molecule has 9 nitrogen and oxygen atoms in total. The summed E-state index contributed by atoms with van der Waals surface area (Å²) in [6.07, 6.45) is 6.65. The molecule has 2 bridgehead atoms. The van der Waals surface area contributed by atoms with Crippen molar-refractivity contribution < 1.29 is 9.90 Å². The quantitative estimate of drug-likeness (QED) is 0.440. The molecule has 2 fully saturated rings. The van der Waals surface area contributed by atoms with Gasteiger partial charge in [-0.2, -0.15) is 5.10 Å². The van der Waals surface area contributed by atoms with Gasteiger partial charge in [0.05, 0.1) is 17.5 Å². The molecule has 0 aromatic carbocycles. The second-order valence-electron chi connectivity index (χ2n) is 10.3.